The number of esters is 1. The summed E-state index contributed by atoms with van der Waals surface area (Å²) in [6.45, 7) is 2.43. The molecule has 4 aromatic rings. The molecule has 0 saturated carbocycles. The topological polar surface area (TPSA) is 90.7 Å². The smallest absolute Gasteiger partial charge is 0.344 e. The molecule has 9 heteroatoms. The molecule has 0 amide bonds. The SMILES string of the molecule is CCCn1c(COC(=O)COc2ccc3ccccc3c2)nc2cc(S(=O)(=O)N(C)C)ccc21. The summed E-state index contributed by atoms with van der Waals surface area (Å²) < 4.78 is 39.1. The monoisotopic (exact) mass is 481 g/mol. The van der Waals surface area contributed by atoms with Crippen LogP contribution in [0.4, 0.5) is 0 Å². The Morgan fingerprint density at radius 3 is 2.53 bits per heavy atom. The molecule has 0 aliphatic heterocycles. The molecule has 4 rings (SSSR count). The summed E-state index contributed by atoms with van der Waals surface area (Å²) in [6, 6.07) is 18.4. The van der Waals surface area contributed by atoms with E-state index >= 15 is 0 Å². The average molecular weight is 482 g/mol. The van der Waals surface area contributed by atoms with Crippen LogP contribution in [0, 0.1) is 0 Å². The van der Waals surface area contributed by atoms with Gasteiger partial charge in [0.15, 0.2) is 6.61 Å². The van der Waals surface area contributed by atoms with Gasteiger partial charge in [0, 0.05) is 20.6 Å². The Hall–Kier alpha value is -3.43. The molecule has 0 bridgehead atoms. The van der Waals surface area contributed by atoms with E-state index in [4.69, 9.17) is 9.47 Å². The number of sulfonamides is 1. The van der Waals surface area contributed by atoms with Crippen LogP contribution in [0.5, 0.6) is 5.75 Å². The molecule has 178 valence electrons. The maximum absolute atomic E-state index is 12.5. The van der Waals surface area contributed by atoms with Crippen LogP contribution in [0.3, 0.4) is 0 Å². The molecule has 0 saturated heterocycles. The first-order valence-electron chi connectivity index (χ1n) is 11.0. The van der Waals surface area contributed by atoms with Gasteiger partial charge in [-0.3, -0.25) is 0 Å². The fourth-order valence-corrected chi connectivity index (χ4v) is 4.62. The highest BCUT2D eigenvalue weighted by atomic mass is 32.2. The van der Waals surface area contributed by atoms with Crippen LogP contribution in [-0.4, -0.2) is 48.9 Å². The van der Waals surface area contributed by atoms with E-state index < -0.39 is 16.0 Å². The third-order valence-corrected chi connectivity index (χ3v) is 7.28. The van der Waals surface area contributed by atoms with Gasteiger partial charge in [-0.1, -0.05) is 37.3 Å². The number of imidazole rings is 1. The van der Waals surface area contributed by atoms with Crippen LogP contribution < -0.4 is 4.74 Å². The molecule has 0 fully saturated rings. The van der Waals surface area contributed by atoms with Crippen molar-refractivity contribution in [1.29, 1.82) is 0 Å². The van der Waals surface area contributed by atoms with Crippen molar-refractivity contribution in [2.75, 3.05) is 20.7 Å². The Morgan fingerprint density at radius 2 is 1.79 bits per heavy atom. The maximum atomic E-state index is 12.5. The third kappa shape index (κ3) is 4.90. The van der Waals surface area contributed by atoms with Crippen LogP contribution in [0.15, 0.2) is 65.6 Å². The lowest BCUT2D eigenvalue weighted by molar-refractivity contribution is -0.147. The summed E-state index contributed by atoms with van der Waals surface area (Å²) >= 11 is 0. The minimum absolute atomic E-state index is 0.0373. The van der Waals surface area contributed by atoms with Gasteiger partial charge in [0.2, 0.25) is 10.0 Å². The molecule has 34 heavy (non-hydrogen) atoms. The molecule has 1 heterocycles. The van der Waals surface area contributed by atoms with Gasteiger partial charge < -0.3 is 14.0 Å². The number of aromatic nitrogens is 2. The summed E-state index contributed by atoms with van der Waals surface area (Å²) in [5.41, 5.74) is 1.33. The Morgan fingerprint density at radius 1 is 1.03 bits per heavy atom. The van der Waals surface area contributed by atoms with Gasteiger partial charge in [0.05, 0.1) is 15.9 Å². The number of hydrogen-bond acceptors (Lipinski definition) is 6. The highest BCUT2D eigenvalue weighted by molar-refractivity contribution is 7.89. The summed E-state index contributed by atoms with van der Waals surface area (Å²) in [4.78, 5) is 17.0. The first kappa shape index (κ1) is 23.7. The number of carbonyl (C=O) groups is 1. The molecular weight excluding hydrogens is 454 g/mol. The molecule has 0 N–H and O–H groups in total. The number of carbonyl (C=O) groups excluding carboxylic acids is 1. The number of aryl methyl sites for hydroxylation is 1. The fourth-order valence-electron chi connectivity index (χ4n) is 3.70. The minimum Gasteiger partial charge on any atom is -0.482 e. The van der Waals surface area contributed by atoms with Crippen LogP contribution in [0.2, 0.25) is 0 Å². The zero-order valence-corrected chi connectivity index (χ0v) is 20.2. The first-order chi connectivity index (χ1) is 16.3. The van der Waals surface area contributed by atoms with E-state index in [1.165, 1.54) is 14.1 Å². The fraction of sp³-hybridized carbons (Fsp3) is 0.280. The van der Waals surface area contributed by atoms with Gasteiger partial charge in [-0.05, 0) is 47.5 Å². The highest BCUT2D eigenvalue weighted by Gasteiger charge is 2.20. The quantitative estimate of drug-likeness (QED) is 0.336. The second-order valence-corrected chi connectivity index (χ2v) is 10.2. The molecule has 0 unspecified atom stereocenters. The molecule has 0 spiro atoms. The number of nitrogens with zero attached hydrogens (tertiary/aromatic N) is 3. The van der Waals surface area contributed by atoms with Gasteiger partial charge in [0.25, 0.3) is 0 Å². The molecule has 3 aromatic carbocycles. The lowest BCUT2D eigenvalue weighted by Crippen LogP contribution is -2.22. The van der Waals surface area contributed by atoms with E-state index in [1.807, 2.05) is 54.0 Å². The lowest BCUT2D eigenvalue weighted by atomic mass is 10.1. The van der Waals surface area contributed by atoms with E-state index in [0.29, 0.717) is 23.6 Å². The second kappa shape index (κ2) is 9.82. The standard InChI is InChI=1S/C25H27N3O5S/c1-4-13-28-23-12-11-21(34(30,31)27(2)3)15-22(23)26-24(28)16-33-25(29)17-32-20-10-9-18-7-5-6-8-19(18)14-20/h5-12,14-15H,4,13,16-17H2,1-3H3. The highest BCUT2D eigenvalue weighted by Crippen LogP contribution is 2.23. The third-order valence-electron chi connectivity index (χ3n) is 5.46. The molecule has 0 atom stereocenters. The van der Waals surface area contributed by atoms with Gasteiger partial charge in [0.1, 0.15) is 18.2 Å². The predicted octanol–water partition coefficient (Wildman–Crippen LogP) is 3.97. The van der Waals surface area contributed by atoms with E-state index in [0.717, 1.165) is 27.0 Å². The zero-order valence-electron chi connectivity index (χ0n) is 19.4. The average Bonchev–Trinajstić information content (AvgIpc) is 3.18. The zero-order chi connectivity index (χ0) is 24.3. The van der Waals surface area contributed by atoms with Crippen molar-refractivity contribution in [2.45, 2.75) is 31.4 Å². The number of rotatable bonds is 9. The molecule has 0 radical (unpaired) electrons. The van der Waals surface area contributed by atoms with Gasteiger partial charge in [-0.2, -0.15) is 0 Å². The Balaban J connectivity index is 1.46. The predicted molar refractivity (Wildman–Crippen MR) is 130 cm³/mol. The number of fused-ring (bicyclic) bond motifs is 2. The van der Waals surface area contributed by atoms with E-state index in [9.17, 15) is 13.2 Å². The van der Waals surface area contributed by atoms with Crippen molar-refractivity contribution in [1.82, 2.24) is 13.9 Å². The van der Waals surface area contributed by atoms with Crippen LogP contribution in [0.25, 0.3) is 21.8 Å². The molecule has 0 aliphatic rings. The number of hydrogen-bond donors (Lipinski definition) is 0. The molecule has 8 nitrogen and oxygen atoms in total. The van der Waals surface area contributed by atoms with Gasteiger partial charge >= 0.3 is 5.97 Å². The van der Waals surface area contributed by atoms with Crippen LogP contribution in [0.1, 0.15) is 19.2 Å². The van der Waals surface area contributed by atoms with E-state index in [2.05, 4.69) is 4.98 Å². The second-order valence-electron chi connectivity index (χ2n) is 8.08. The number of benzene rings is 3. The summed E-state index contributed by atoms with van der Waals surface area (Å²) in [5, 5.41) is 2.12. The van der Waals surface area contributed by atoms with Crippen molar-refractivity contribution in [3.05, 3.63) is 66.5 Å². The van der Waals surface area contributed by atoms with E-state index in [1.54, 1.807) is 18.2 Å². The molecule has 0 aliphatic carbocycles. The summed E-state index contributed by atoms with van der Waals surface area (Å²) in [5.74, 6) is 0.623. The summed E-state index contributed by atoms with van der Waals surface area (Å²) in [7, 11) is -0.603. The lowest BCUT2D eigenvalue weighted by Gasteiger charge is -2.11. The van der Waals surface area contributed by atoms with Gasteiger partial charge in [-0.25, -0.2) is 22.5 Å². The first-order valence-corrected chi connectivity index (χ1v) is 12.4. The Kier molecular flexibility index (Phi) is 6.85. The van der Waals surface area contributed by atoms with Crippen molar-refractivity contribution in [3.8, 4) is 5.75 Å². The van der Waals surface area contributed by atoms with Gasteiger partial charge in [-0.15, -0.1) is 0 Å². The summed E-state index contributed by atoms with van der Waals surface area (Å²) in [6.07, 6.45) is 0.842. The largest absolute Gasteiger partial charge is 0.482 e. The van der Waals surface area contributed by atoms with Crippen molar-refractivity contribution < 1.29 is 22.7 Å². The van der Waals surface area contributed by atoms with Crippen molar-refractivity contribution in [3.63, 3.8) is 0 Å². The van der Waals surface area contributed by atoms with Crippen LogP contribution in [-0.2, 0) is 32.7 Å². The normalized spacial score (nSPS) is 11.9. The molecular formula is C25H27N3O5S. The Labute approximate surface area is 198 Å². The number of ether oxygens (including phenoxy) is 2. The van der Waals surface area contributed by atoms with Crippen LogP contribution >= 0.6 is 0 Å². The van der Waals surface area contributed by atoms with Crippen molar-refractivity contribution >= 4 is 37.8 Å². The maximum Gasteiger partial charge on any atom is 0.344 e. The molecule has 1 aromatic heterocycles. The Bertz CT molecular complexity index is 1440. The van der Waals surface area contributed by atoms with Crippen molar-refractivity contribution in [2.24, 2.45) is 0 Å². The van der Waals surface area contributed by atoms with E-state index in [-0.39, 0.29) is 18.1 Å². The minimum atomic E-state index is -3.58.